The minimum atomic E-state index is -3.71. The molecule has 0 unspecified atom stereocenters. The van der Waals surface area contributed by atoms with E-state index in [1.165, 1.54) is 42.5 Å². The van der Waals surface area contributed by atoms with E-state index in [9.17, 15) is 25.6 Å². The van der Waals surface area contributed by atoms with Crippen LogP contribution in [-0.4, -0.2) is 55.1 Å². The first-order valence-electron chi connectivity index (χ1n) is 16.3. The number of halogens is 2. The molecule has 4 heterocycles. The Hall–Kier alpha value is -3.84. The van der Waals surface area contributed by atoms with Crippen LogP contribution in [0, 0.1) is 11.6 Å². The number of benzene rings is 4. The van der Waals surface area contributed by atoms with Crippen molar-refractivity contribution in [3.05, 3.63) is 108 Å². The molecule has 0 saturated carbocycles. The molecular weight excluding hydrogens is 655 g/mol. The fourth-order valence-electron chi connectivity index (χ4n) is 7.39. The predicted molar refractivity (Wildman–Crippen MR) is 181 cm³/mol. The van der Waals surface area contributed by atoms with Crippen molar-refractivity contribution < 1.29 is 25.6 Å². The van der Waals surface area contributed by atoms with E-state index in [2.05, 4.69) is 21.3 Å². The summed E-state index contributed by atoms with van der Waals surface area (Å²) in [5, 5.41) is 13.8. The quantitative estimate of drug-likeness (QED) is 0.197. The molecule has 4 N–H and O–H groups in total. The van der Waals surface area contributed by atoms with Gasteiger partial charge in [-0.2, -0.15) is 0 Å². The van der Waals surface area contributed by atoms with E-state index >= 15 is 0 Å². The summed E-state index contributed by atoms with van der Waals surface area (Å²) in [6.45, 7) is 3.82. The highest BCUT2D eigenvalue weighted by atomic mass is 32.2. The molecule has 0 aliphatic carbocycles. The molecule has 0 radical (unpaired) electrons. The minimum absolute atomic E-state index is 0.00695. The lowest BCUT2D eigenvalue weighted by molar-refractivity contribution is 0.576. The number of fused-ring (bicyclic) bond motifs is 6. The number of hydrogen-bond donors (Lipinski definition) is 4. The molecule has 0 amide bonds. The standard InChI is InChI=1S/2C18H19FN2O2S/c19-12-1-3-13(4-2-12)24(22,23)14-5-6-17-16(11-14)15-7-9-20-10-8-18(15)21-17;19-12-2-1-3-13(10-12)24(22,23)14-4-5-17-16(11-14)15-6-8-20-9-7-18(15)21-17/h1-6,11,15,18,20-21H,7-10H2;1-5,10-11,15,18,20-21H,6-9H2/t2*15-,18-/m11/s1. The molecule has 8 nitrogen and oxygen atoms in total. The average Bonchev–Trinajstić information content (AvgIpc) is 3.37. The van der Waals surface area contributed by atoms with E-state index in [4.69, 9.17) is 0 Å². The second-order valence-corrected chi connectivity index (χ2v) is 16.7. The first-order chi connectivity index (χ1) is 23.1. The monoisotopic (exact) mass is 692 g/mol. The van der Waals surface area contributed by atoms with E-state index < -0.39 is 31.3 Å². The largest absolute Gasteiger partial charge is 0.381 e. The van der Waals surface area contributed by atoms with E-state index in [1.807, 2.05) is 12.1 Å². The Morgan fingerprint density at radius 2 is 0.958 bits per heavy atom. The lowest BCUT2D eigenvalue weighted by Crippen LogP contribution is -2.21. The summed E-state index contributed by atoms with van der Waals surface area (Å²) < 4.78 is 77.8. The van der Waals surface area contributed by atoms with Gasteiger partial charge in [0.2, 0.25) is 19.7 Å². The van der Waals surface area contributed by atoms with E-state index in [-0.39, 0.29) is 19.6 Å². The first kappa shape index (κ1) is 32.7. The molecule has 2 fully saturated rings. The highest BCUT2D eigenvalue weighted by Gasteiger charge is 2.35. The van der Waals surface area contributed by atoms with E-state index in [0.29, 0.717) is 23.9 Å². The van der Waals surface area contributed by atoms with Crippen LogP contribution in [0.5, 0.6) is 0 Å². The summed E-state index contributed by atoms with van der Waals surface area (Å²) in [4.78, 5) is 0.611. The van der Waals surface area contributed by atoms with Crippen molar-refractivity contribution in [3.63, 3.8) is 0 Å². The maximum atomic E-state index is 13.4. The van der Waals surface area contributed by atoms with Gasteiger partial charge in [0.25, 0.3) is 0 Å². The van der Waals surface area contributed by atoms with Gasteiger partial charge >= 0.3 is 0 Å². The van der Waals surface area contributed by atoms with Crippen molar-refractivity contribution in [3.8, 4) is 0 Å². The molecule has 4 aromatic rings. The second kappa shape index (κ2) is 13.2. The van der Waals surface area contributed by atoms with Gasteiger partial charge in [0.15, 0.2) is 0 Å². The zero-order valence-electron chi connectivity index (χ0n) is 26.3. The number of sulfone groups is 2. The third-order valence-corrected chi connectivity index (χ3v) is 13.4. The number of anilines is 2. The second-order valence-electron chi connectivity index (χ2n) is 12.8. The van der Waals surface area contributed by atoms with Gasteiger partial charge in [-0.25, -0.2) is 25.6 Å². The van der Waals surface area contributed by atoms with Crippen LogP contribution in [0.25, 0.3) is 0 Å². The normalized spacial score (nSPS) is 23.0. The molecule has 0 aromatic heterocycles. The Morgan fingerprint density at radius 3 is 1.48 bits per heavy atom. The molecule has 0 bridgehead atoms. The average molecular weight is 693 g/mol. The lowest BCUT2D eigenvalue weighted by Gasteiger charge is -2.16. The van der Waals surface area contributed by atoms with E-state index in [1.54, 1.807) is 24.3 Å². The van der Waals surface area contributed by atoms with Crippen LogP contribution in [-0.2, 0) is 19.7 Å². The van der Waals surface area contributed by atoms with Crippen molar-refractivity contribution in [1.82, 2.24) is 10.6 Å². The topological polar surface area (TPSA) is 116 Å². The van der Waals surface area contributed by atoms with Crippen molar-refractivity contribution in [2.24, 2.45) is 0 Å². The highest BCUT2D eigenvalue weighted by molar-refractivity contribution is 7.91. The summed E-state index contributed by atoms with van der Waals surface area (Å²) in [5.74, 6) is -0.342. The Kier molecular flexibility index (Phi) is 9.01. The van der Waals surface area contributed by atoms with Gasteiger partial charge in [0, 0.05) is 35.3 Å². The van der Waals surface area contributed by atoms with Gasteiger partial charge in [-0.05, 0) is 142 Å². The number of rotatable bonds is 4. The van der Waals surface area contributed by atoms with Crippen molar-refractivity contribution in [2.45, 2.75) is 69.2 Å². The third-order valence-electron chi connectivity index (χ3n) is 9.88. The van der Waals surface area contributed by atoms with Gasteiger partial charge in [-0.3, -0.25) is 0 Å². The van der Waals surface area contributed by atoms with Crippen molar-refractivity contribution >= 4 is 31.0 Å². The van der Waals surface area contributed by atoms with Crippen LogP contribution < -0.4 is 21.3 Å². The molecule has 2 saturated heterocycles. The smallest absolute Gasteiger partial charge is 0.206 e. The van der Waals surface area contributed by atoms with Crippen LogP contribution in [0.1, 0.15) is 48.6 Å². The zero-order valence-corrected chi connectivity index (χ0v) is 27.9. The van der Waals surface area contributed by atoms with Crippen LogP contribution in [0.2, 0.25) is 0 Å². The lowest BCUT2D eigenvalue weighted by atomic mass is 9.91. The zero-order chi connectivity index (χ0) is 33.5. The molecular formula is C36H38F2N4O4S2. The molecule has 0 spiro atoms. The molecule has 48 heavy (non-hydrogen) atoms. The fourth-order valence-corrected chi connectivity index (χ4v) is 10.0. The molecule has 4 aromatic carbocycles. The molecule has 12 heteroatoms. The van der Waals surface area contributed by atoms with Gasteiger partial charge in [-0.1, -0.05) is 6.07 Å². The Balaban J connectivity index is 0.000000152. The van der Waals surface area contributed by atoms with Gasteiger partial charge < -0.3 is 21.3 Å². The molecule has 252 valence electrons. The fraction of sp³-hybridized carbons (Fsp3) is 0.333. The molecule has 4 atom stereocenters. The summed E-state index contributed by atoms with van der Waals surface area (Å²) >= 11 is 0. The summed E-state index contributed by atoms with van der Waals surface area (Å²) in [6, 6.07) is 21.3. The Labute approximate surface area is 280 Å². The molecule has 4 aliphatic rings. The van der Waals surface area contributed by atoms with Gasteiger partial charge in [0.05, 0.1) is 19.6 Å². The maximum Gasteiger partial charge on any atom is 0.206 e. The maximum absolute atomic E-state index is 13.4. The molecule has 8 rings (SSSR count). The molecule has 4 aliphatic heterocycles. The summed E-state index contributed by atoms with van der Waals surface area (Å²) in [6.07, 6.45) is 4.02. The van der Waals surface area contributed by atoms with Crippen LogP contribution in [0.15, 0.2) is 105 Å². The Morgan fingerprint density at radius 1 is 0.500 bits per heavy atom. The number of nitrogens with one attached hydrogen (secondary N) is 4. The van der Waals surface area contributed by atoms with Gasteiger partial charge in [-0.15, -0.1) is 0 Å². The van der Waals surface area contributed by atoms with Crippen LogP contribution >= 0.6 is 0 Å². The first-order valence-corrected chi connectivity index (χ1v) is 19.3. The Bertz CT molecular complexity index is 2040. The number of hydrogen-bond acceptors (Lipinski definition) is 8. The van der Waals surface area contributed by atoms with Crippen molar-refractivity contribution in [1.29, 1.82) is 0 Å². The predicted octanol–water partition coefficient (Wildman–Crippen LogP) is 5.84. The SMILES string of the molecule is O=S(=O)(c1ccc(F)cc1)c1ccc2c(c1)[C@H]1CCNCC[C@H]1N2.O=S(=O)(c1cccc(F)c1)c1ccc2c(c1)[C@H]1CCNCC[C@H]1N2. The van der Waals surface area contributed by atoms with Gasteiger partial charge in [0.1, 0.15) is 11.6 Å². The van der Waals surface area contributed by atoms with Crippen molar-refractivity contribution in [2.75, 3.05) is 36.8 Å². The minimum Gasteiger partial charge on any atom is -0.381 e. The summed E-state index contributed by atoms with van der Waals surface area (Å²) in [7, 11) is -7.35. The third kappa shape index (κ3) is 6.34. The van der Waals surface area contributed by atoms with Crippen LogP contribution in [0.3, 0.4) is 0 Å². The van der Waals surface area contributed by atoms with E-state index in [0.717, 1.165) is 80.4 Å². The highest BCUT2D eigenvalue weighted by Crippen LogP contribution is 2.43. The summed E-state index contributed by atoms with van der Waals surface area (Å²) in [5.41, 5.74) is 4.18. The van der Waals surface area contributed by atoms with Crippen LogP contribution in [0.4, 0.5) is 20.2 Å².